The molecule has 7 nitrogen and oxygen atoms in total. The highest BCUT2D eigenvalue weighted by atomic mass is 32.2. The van der Waals surface area contributed by atoms with Crippen LogP contribution in [0.5, 0.6) is 0 Å². The van der Waals surface area contributed by atoms with Crippen LogP contribution in [-0.4, -0.2) is 26.9 Å². The minimum absolute atomic E-state index is 0.0195. The van der Waals surface area contributed by atoms with Crippen molar-refractivity contribution >= 4 is 27.3 Å². The molecule has 19 heavy (non-hydrogen) atoms. The van der Waals surface area contributed by atoms with E-state index >= 15 is 0 Å². The second kappa shape index (κ2) is 5.89. The first-order chi connectivity index (χ1) is 8.68. The van der Waals surface area contributed by atoms with Crippen LogP contribution in [0.3, 0.4) is 0 Å². The Bertz CT molecular complexity index is 569. The molecule has 0 aliphatic rings. The van der Waals surface area contributed by atoms with Gasteiger partial charge in [0.1, 0.15) is 0 Å². The van der Waals surface area contributed by atoms with Gasteiger partial charge in [-0.25, -0.2) is 13.6 Å². The summed E-state index contributed by atoms with van der Waals surface area (Å²) in [6.07, 6.45) is 0. The highest BCUT2D eigenvalue weighted by Gasteiger charge is 2.10. The van der Waals surface area contributed by atoms with Crippen molar-refractivity contribution in [1.82, 2.24) is 5.32 Å². The fraction of sp³-hybridized carbons (Fsp3) is 0.364. The number of carbonyl (C=O) groups is 1. The van der Waals surface area contributed by atoms with E-state index in [1.807, 2.05) is 13.8 Å². The van der Waals surface area contributed by atoms with E-state index in [2.05, 4.69) is 10.6 Å². The largest absolute Gasteiger partial charge is 0.399 e. The van der Waals surface area contributed by atoms with Crippen molar-refractivity contribution in [3.05, 3.63) is 18.2 Å². The van der Waals surface area contributed by atoms with Crippen molar-refractivity contribution in [3.63, 3.8) is 0 Å². The van der Waals surface area contributed by atoms with Crippen LogP contribution < -0.4 is 21.5 Å². The first-order valence-corrected chi connectivity index (χ1v) is 7.19. The van der Waals surface area contributed by atoms with Gasteiger partial charge in [-0.1, -0.05) is 0 Å². The van der Waals surface area contributed by atoms with Crippen molar-refractivity contribution in [2.45, 2.75) is 24.8 Å². The average molecular weight is 286 g/mol. The zero-order valence-corrected chi connectivity index (χ0v) is 11.6. The Morgan fingerprint density at radius 3 is 2.47 bits per heavy atom. The monoisotopic (exact) mass is 286 g/mol. The Hall–Kier alpha value is -1.80. The third-order valence-corrected chi connectivity index (χ3v) is 3.05. The summed E-state index contributed by atoms with van der Waals surface area (Å²) in [5.41, 5.74) is 6.25. The van der Waals surface area contributed by atoms with Gasteiger partial charge in [0.05, 0.1) is 11.4 Å². The Morgan fingerprint density at radius 1 is 1.32 bits per heavy atom. The lowest BCUT2D eigenvalue weighted by atomic mass is 10.3. The number of carbonyl (C=O) groups excluding carboxylic acids is 1. The summed E-state index contributed by atoms with van der Waals surface area (Å²) in [5.74, 6) is -0.199. The van der Waals surface area contributed by atoms with E-state index in [1.165, 1.54) is 18.2 Å². The van der Waals surface area contributed by atoms with Gasteiger partial charge < -0.3 is 16.4 Å². The molecule has 6 N–H and O–H groups in total. The zero-order chi connectivity index (χ0) is 14.6. The van der Waals surface area contributed by atoms with E-state index in [4.69, 9.17) is 10.9 Å². The molecule has 0 heterocycles. The molecule has 0 radical (unpaired) electrons. The molecule has 0 saturated carbocycles. The number of hydrogen-bond acceptors (Lipinski definition) is 5. The molecule has 8 heteroatoms. The Morgan fingerprint density at radius 2 is 1.95 bits per heavy atom. The lowest BCUT2D eigenvalue weighted by Crippen LogP contribution is -2.34. The molecule has 0 aliphatic carbocycles. The molecule has 1 amide bonds. The number of primary sulfonamides is 1. The van der Waals surface area contributed by atoms with E-state index in [1.54, 1.807) is 0 Å². The van der Waals surface area contributed by atoms with Gasteiger partial charge in [0.2, 0.25) is 15.9 Å². The van der Waals surface area contributed by atoms with E-state index < -0.39 is 10.0 Å². The summed E-state index contributed by atoms with van der Waals surface area (Å²) in [4.78, 5) is 11.3. The summed E-state index contributed by atoms with van der Waals surface area (Å²) in [5, 5.41) is 10.5. The molecular weight excluding hydrogens is 268 g/mol. The fourth-order valence-electron chi connectivity index (χ4n) is 1.44. The van der Waals surface area contributed by atoms with Crippen LogP contribution in [0.1, 0.15) is 13.8 Å². The molecule has 0 bridgehead atoms. The van der Waals surface area contributed by atoms with Gasteiger partial charge in [-0.2, -0.15) is 0 Å². The number of nitrogens with two attached hydrogens (primary N) is 2. The van der Waals surface area contributed by atoms with Crippen LogP contribution in [0.4, 0.5) is 11.4 Å². The predicted octanol–water partition coefficient (Wildman–Crippen LogP) is -0.147. The van der Waals surface area contributed by atoms with Gasteiger partial charge >= 0.3 is 0 Å². The Kier molecular flexibility index (Phi) is 4.73. The number of rotatable bonds is 5. The summed E-state index contributed by atoms with van der Waals surface area (Å²) >= 11 is 0. The van der Waals surface area contributed by atoms with Gasteiger partial charge in [0.25, 0.3) is 0 Å². The van der Waals surface area contributed by atoms with Crippen molar-refractivity contribution in [3.8, 4) is 0 Å². The van der Waals surface area contributed by atoms with E-state index in [9.17, 15) is 13.2 Å². The van der Waals surface area contributed by atoms with Crippen LogP contribution in [0.15, 0.2) is 23.1 Å². The molecule has 0 saturated heterocycles. The summed E-state index contributed by atoms with van der Waals surface area (Å²) in [6, 6.07) is 4.15. The number of nitrogens with one attached hydrogen (secondary N) is 2. The number of anilines is 2. The average Bonchev–Trinajstić information content (AvgIpc) is 2.23. The first-order valence-electron chi connectivity index (χ1n) is 5.65. The third kappa shape index (κ3) is 5.14. The quantitative estimate of drug-likeness (QED) is 0.560. The number of nitrogen functional groups attached to an aromatic ring is 1. The molecule has 0 aliphatic heterocycles. The second-order valence-electron chi connectivity index (χ2n) is 4.41. The van der Waals surface area contributed by atoms with Crippen molar-refractivity contribution in [2.24, 2.45) is 5.14 Å². The van der Waals surface area contributed by atoms with Gasteiger partial charge in [-0.05, 0) is 32.0 Å². The molecule has 0 spiro atoms. The summed E-state index contributed by atoms with van der Waals surface area (Å²) < 4.78 is 22.5. The second-order valence-corrected chi connectivity index (χ2v) is 5.97. The van der Waals surface area contributed by atoms with E-state index in [-0.39, 0.29) is 29.1 Å². The molecule has 1 aromatic carbocycles. The molecule has 106 valence electrons. The lowest BCUT2D eigenvalue weighted by Gasteiger charge is -2.11. The van der Waals surface area contributed by atoms with Crippen LogP contribution in [0.25, 0.3) is 0 Å². The van der Waals surface area contributed by atoms with Crippen LogP contribution >= 0.6 is 0 Å². The zero-order valence-electron chi connectivity index (χ0n) is 10.8. The molecule has 0 fully saturated rings. The molecule has 0 aromatic heterocycles. The highest BCUT2D eigenvalue weighted by molar-refractivity contribution is 7.89. The topological polar surface area (TPSA) is 127 Å². The Labute approximate surface area is 112 Å². The number of amides is 1. The predicted molar refractivity (Wildman–Crippen MR) is 74.0 cm³/mol. The van der Waals surface area contributed by atoms with Crippen LogP contribution in [-0.2, 0) is 14.8 Å². The molecule has 1 rings (SSSR count). The van der Waals surface area contributed by atoms with Gasteiger partial charge in [0, 0.05) is 17.4 Å². The summed E-state index contributed by atoms with van der Waals surface area (Å²) in [7, 11) is -3.83. The van der Waals surface area contributed by atoms with Crippen molar-refractivity contribution in [1.29, 1.82) is 0 Å². The maximum Gasteiger partial charge on any atom is 0.239 e. The molecule has 0 unspecified atom stereocenters. The minimum atomic E-state index is -3.83. The molecule has 1 aromatic rings. The van der Waals surface area contributed by atoms with Gasteiger partial charge in [-0.15, -0.1) is 0 Å². The normalized spacial score (nSPS) is 11.4. The fourth-order valence-corrected chi connectivity index (χ4v) is 2.04. The minimum Gasteiger partial charge on any atom is -0.399 e. The van der Waals surface area contributed by atoms with Crippen LogP contribution in [0, 0.1) is 0 Å². The van der Waals surface area contributed by atoms with Gasteiger partial charge in [0.15, 0.2) is 0 Å². The maximum atomic E-state index is 11.4. The summed E-state index contributed by atoms with van der Waals surface area (Å²) in [6.45, 7) is 3.71. The van der Waals surface area contributed by atoms with Crippen molar-refractivity contribution < 1.29 is 13.2 Å². The third-order valence-electron chi connectivity index (χ3n) is 2.16. The van der Waals surface area contributed by atoms with E-state index in [0.717, 1.165) is 0 Å². The highest BCUT2D eigenvalue weighted by Crippen LogP contribution is 2.19. The van der Waals surface area contributed by atoms with Crippen molar-refractivity contribution in [2.75, 3.05) is 17.6 Å². The first kappa shape index (κ1) is 15.3. The lowest BCUT2D eigenvalue weighted by molar-refractivity contribution is -0.119. The van der Waals surface area contributed by atoms with E-state index in [0.29, 0.717) is 5.69 Å². The SMILES string of the molecule is CC(C)NC(=O)CNc1cc(N)cc(S(N)(=O)=O)c1. The molecular formula is C11H18N4O3S. The number of hydrogen-bond donors (Lipinski definition) is 4. The number of sulfonamides is 1. The molecule has 0 atom stereocenters. The maximum absolute atomic E-state index is 11.4. The van der Waals surface area contributed by atoms with Gasteiger partial charge in [-0.3, -0.25) is 4.79 Å². The Balaban J connectivity index is 2.80. The number of benzene rings is 1. The van der Waals surface area contributed by atoms with Crippen LogP contribution in [0.2, 0.25) is 0 Å². The standard InChI is InChI=1S/C11H18N4O3S/c1-7(2)15-11(16)6-14-9-3-8(12)4-10(5-9)19(13,17)18/h3-5,7,14H,6,12H2,1-2H3,(H,15,16)(H2,13,17,18). The smallest absolute Gasteiger partial charge is 0.239 e.